The van der Waals surface area contributed by atoms with Crippen LogP contribution in [0.5, 0.6) is 0 Å². The third-order valence-corrected chi connectivity index (χ3v) is 5.08. The van der Waals surface area contributed by atoms with E-state index in [1.807, 2.05) is 4.90 Å². The quantitative estimate of drug-likeness (QED) is 0.931. The van der Waals surface area contributed by atoms with Crippen molar-refractivity contribution in [1.82, 2.24) is 15.2 Å². The fraction of sp³-hybridized carbons (Fsp3) is 0.316. The molecule has 1 aliphatic heterocycles. The molecule has 5 nitrogen and oxygen atoms in total. The lowest BCUT2D eigenvalue weighted by molar-refractivity contribution is -0.128. The number of nitrogens with zero attached hydrogens (tertiary/aromatic N) is 2. The zero-order valence-corrected chi connectivity index (χ0v) is 13.8. The van der Waals surface area contributed by atoms with E-state index in [4.69, 9.17) is 0 Å². The lowest BCUT2D eigenvalue weighted by Crippen LogP contribution is -2.36. The second-order valence-corrected chi connectivity index (χ2v) is 6.69. The van der Waals surface area contributed by atoms with Crippen molar-refractivity contribution in [3.8, 4) is 11.3 Å². The molecular weight excluding hydrogens is 321 g/mol. The first-order chi connectivity index (χ1) is 12.0. The lowest BCUT2D eigenvalue weighted by Gasteiger charge is -2.18. The Bertz CT molecular complexity index is 825. The number of hydrogen-bond donors (Lipinski definition) is 1. The zero-order chi connectivity index (χ0) is 17.6. The molecule has 3 atom stereocenters. The second kappa shape index (κ2) is 5.95. The van der Waals surface area contributed by atoms with E-state index in [1.165, 1.54) is 18.3 Å². The van der Waals surface area contributed by atoms with E-state index in [1.54, 1.807) is 31.2 Å². The number of carbonyl (C=O) groups is 2. The van der Waals surface area contributed by atoms with Crippen LogP contribution in [-0.2, 0) is 4.79 Å². The number of pyridine rings is 1. The van der Waals surface area contributed by atoms with Gasteiger partial charge in [-0.3, -0.25) is 14.6 Å². The van der Waals surface area contributed by atoms with Crippen molar-refractivity contribution >= 4 is 11.8 Å². The minimum atomic E-state index is -0.319. The van der Waals surface area contributed by atoms with Crippen LogP contribution in [0.25, 0.3) is 11.3 Å². The molecule has 1 aliphatic carbocycles. The number of halogens is 1. The van der Waals surface area contributed by atoms with Crippen LogP contribution in [0.2, 0.25) is 0 Å². The van der Waals surface area contributed by atoms with Gasteiger partial charge in [-0.2, -0.15) is 0 Å². The molecule has 0 unspecified atom stereocenters. The van der Waals surface area contributed by atoms with Crippen molar-refractivity contribution in [2.75, 3.05) is 13.1 Å². The predicted molar refractivity (Wildman–Crippen MR) is 90.1 cm³/mol. The van der Waals surface area contributed by atoms with Crippen LogP contribution in [0.3, 0.4) is 0 Å². The Balaban J connectivity index is 1.38. The molecule has 2 heterocycles. The smallest absolute Gasteiger partial charge is 0.253 e. The summed E-state index contributed by atoms with van der Waals surface area (Å²) in [5.41, 5.74) is 1.78. The number of likely N-dealkylation sites (tertiary alicyclic amines) is 1. The molecule has 2 aromatic rings. The molecule has 1 aromatic carbocycles. The van der Waals surface area contributed by atoms with Gasteiger partial charge in [0.25, 0.3) is 5.91 Å². The SMILES string of the molecule is CC(=O)N1C[C@@H]2[C@H](C1)[C@@H]2NC(=O)c1ccc(-c2cccc(F)c2)nc1. The van der Waals surface area contributed by atoms with Crippen molar-refractivity contribution in [3.05, 3.63) is 54.0 Å². The maximum absolute atomic E-state index is 13.3. The van der Waals surface area contributed by atoms with Crippen molar-refractivity contribution < 1.29 is 14.0 Å². The molecule has 1 N–H and O–H groups in total. The molecule has 2 fully saturated rings. The Kier molecular flexibility index (Phi) is 3.75. The van der Waals surface area contributed by atoms with Gasteiger partial charge in [0.15, 0.2) is 0 Å². The van der Waals surface area contributed by atoms with Gasteiger partial charge in [-0.05, 0) is 24.3 Å². The maximum Gasteiger partial charge on any atom is 0.253 e. The first-order valence-electron chi connectivity index (χ1n) is 8.31. The van der Waals surface area contributed by atoms with Crippen LogP contribution in [0.15, 0.2) is 42.6 Å². The van der Waals surface area contributed by atoms with Gasteiger partial charge in [0, 0.05) is 49.7 Å². The highest BCUT2D eigenvalue weighted by atomic mass is 19.1. The summed E-state index contributed by atoms with van der Waals surface area (Å²) in [4.78, 5) is 29.8. The number of amides is 2. The molecule has 0 radical (unpaired) electrons. The predicted octanol–water partition coefficient (Wildman–Crippen LogP) is 2.09. The van der Waals surface area contributed by atoms with E-state index in [-0.39, 0.29) is 23.7 Å². The lowest BCUT2D eigenvalue weighted by atomic mass is 10.1. The minimum Gasteiger partial charge on any atom is -0.349 e. The van der Waals surface area contributed by atoms with Crippen molar-refractivity contribution in [3.63, 3.8) is 0 Å². The molecule has 0 bridgehead atoms. The largest absolute Gasteiger partial charge is 0.349 e. The van der Waals surface area contributed by atoms with Crippen molar-refractivity contribution in [2.24, 2.45) is 11.8 Å². The van der Waals surface area contributed by atoms with Gasteiger partial charge >= 0.3 is 0 Å². The van der Waals surface area contributed by atoms with Crippen LogP contribution >= 0.6 is 0 Å². The van der Waals surface area contributed by atoms with E-state index < -0.39 is 0 Å². The van der Waals surface area contributed by atoms with E-state index in [0.29, 0.717) is 28.7 Å². The number of nitrogens with one attached hydrogen (secondary N) is 1. The molecule has 128 valence electrons. The first kappa shape index (κ1) is 15.7. The average molecular weight is 339 g/mol. The van der Waals surface area contributed by atoms with Gasteiger partial charge in [-0.25, -0.2) is 4.39 Å². The number of fused-ring (bicyclic) bond motifs is 1. The van der Waals surface area contributed by atoms with Gasteiger partial charge in [-0.1, -0.05) is 12.1 Å². The van der Waals surface area contributed by atoms with Gasteiger partial charge in [0.2, 0.25) is 5.91 Å². The molecule has 6 heteroatoms. The number of benzene rings is 1. The Hall–Kier alpha value is -2.76. The van der Waals surface area contributed by atoms with Gasteiger partial charge < -0.3 is 10.2 Å². The van der Waals surface area contributed by atoms with E-state index in [9.17, 15) is 14.0 Å². The summed E-state index contributed by atoms with van der Waals surface area (Å²) in [6.45, 7) is 3.02. The summed E-state index contributed by atoms with van der Waals surface area (Å²) in [6, 6.07) is 9.75. The summed E-state index contributed by atoms with van der Waals surface area (Å²) in [7, 11) is 0. The number of piperidine rings is 1. The monoisotopic (exact) mass is 339 g/mol. The van der Waals surface area contributed by atoms with Crippen molar-refractivity contribution in [1.29, 1.82) is 0 Å². The van der Waals surface area contributed by atoms with E-state index in [2.05, 4.69) is 10.3 Å². The zero-order valence-electron chi connectivity index (χ0n) is 13.8. The normalized spacial score (nSPS) is 23.9. The highest BCUT2D eigenvalue weighted by Crippen LogP contribution is 2.45. The molecule has 1 saturated heterocycles. The summed E-state index contributed by atoms with van der Waals surface area (Å²) in [5.74, 6) is 0.349. The molecule has 2 amide bonds. The van der Waals surface area contributed by atoms with E-state index >= 15 is 0 Å². The summed E-state index contributed by atoms with van der Waals surface area (Å²) in [5, 5.41) is 3.02. The molecule has 25 heavy (non-hydrogen) atoms. The Morgan fingerprint density at radius 3 is 2.56 bits per heavy atom. The van der Waals surface area contributed by atoms with Crippen LogP contribution < -0.4 is 5.32 Å². The fourth-order valence-corrected chi connectivity index (χ4v) is 3.58. The fourth-order valence-electron chi connectivity index (χ4n) is 3.58. The Labute approximate surface area is 144 Å². The highest BCUT2D eigenvalue weighted by Gasteiger charge is 2.57. The molecule has 4 rings (SSSR count). The molecular formula is C19H18FN3O2. The van der Waals surface area contributed by atoms with Crippen LogP contribution in [0, 0.1) is 17.7 Å². The van der Waals surface area contributed by atoms with Gasteiger partial charge in [0.1, 0.15) is 5.82 Å². The Morgan fingerprint density at radius 1 is 1.20 bits per heavy atom. The van der Waals surface area contributed by atoms with Gasteiger partial charge in [-0.15, -0.1) is 0 Å². The summed E-state index contributed by atoms with van der Waals surface area (Å²) < 4.78 is 13.3. The molecule has 1 aromatic heterocycles. The summed E-state index contributed by atoms with van der Waals surface area (Å²) >= 11 is 0. The number of hydrogen-bond acceptors (Lipinski definition) is 3. The number of rotatable bonds is 3. The number of carbonyl (C=O) groups excluding carboxylic acids is 2. The second-order valence-electron chi connectivity index (χ2n) is 6.69. The summed E-state index contributed by atoms with van der Waals surface area (Å²) in [6.07, 6.45) is 1.51. The molecule has 2 aliphatic rings. The maximum atomic E-state index is 13.3. The van der Waals surface area contributed by atoms with Crippen LogP contribution in [-0.4, -0.2) is 40.8 Å². The highest BCUT2D eigenvalue weighted by molar-refractivity contribution is 5.94. The third-order valence-electron chi connectivity index (χ3n) is 5.08. The topological polar surface area (TPSA) is 62.3 Å². The third kappa shape index (κ3) is 2.99. The molecule has 1 saturated carbocycles. The minimum absolute atomic E-state index is 0.0921. The average Bonchev–Trinajstić information content (AvgIpc) is 3.04. The van der Waals surface area contributed by atoms with Crippen LogP contribution in [0.4, 0.5) is 4.39 Å². The van der Waals surface area contributed by atoms with Gasteiger partial charge in [0.05, 0.1) is 11.3 Å². The Morgan fingerprint density at radius 2 is 1.96 bits per heavy atom. The number of aromatic nitrogens is 1. The first-order valence-corrected chi connectivity index (χ1v) is 8.31. The molecule has 0 spiro atoms. The van der Waals surface area contributed by atoms with Crippen LogP contribution in [0.1, 0.15) is 17.3 Å². The van der Waals surface area contributed by atoms with E-state index in [0.717, 1.165) is 13.1 Å². The standard InChI is InChI=1S/C19H18FN3O2/c1-11(24)23-9-15-16(10-23)18(15)22-19(25)13-5-6-17(21-8-13)12-3-2-4-14(20)7-12/h2-8,15-16,18H,9-10H2,1H3,(H,22,25)/t15-,16+,18-. The van der Waals surface area contributed by atoms with Crippen molar-refractivity contribution in [2.45, 2.75) is 13.0 Å².